The second-order valence-electron chi connectivity index (χ2n) is 6.30. The first-order valence-corrected chi connectivity index (χ1v) is 9.01. The van der Waals surface area contributed by atoms with Crippen molar-refractivity contribution < 1.29 is 9.26 Å². The van der Waals surface area contributed by atoms with Gasteiger partial charge in [0.25, 0.3) is 0 Å². The first kappa shape index (κ1) is 16.5. The fourth-order valence-corrected chi connectivity index (χ4v) is 3.69. The average Bonchev–Trinajstić information content (AvgIpc) is 3.18. The minimum atomic E-state index is 0.0616. The lowest BCUT2D eigenvalue weighted by atomic mass is 9.91. The minimum Gasteiger partial charge on any atom is -0.381 e. The molecule has 1 atom stereocenters. The van der Waals surface area contributed by atoms with E-state index in [1.807, 2.05) is 13.1 Å². The number of hydrogen-bond acceptors (Lipinski definition) is 7. The van der Waals surface area contributed by atoms with Gasteiger partial charge in [0.1, 0.15) is 5.01 Å². The molecule has 1 unspecified atom stereocenters. The summed E-state index contributed by atoms with van der Waals surface area (Å²) in [4.78, 5) is 10.3. The first-order valence-electron chi connectivity index (χ1n) is 8.19. The van der Waals surface area contributed by atoms with Crippen LogP contribution in [0.15, 0.2) is 10.7 Å². The maximum Gasteiger partial charge on any atom is 0.244 e. The van der Waals surface area contributed by atoms with E-state index in [1.54, 1.807) is 11.3 Å². The quantitative estimate of drug-likeness (QED) is 0.873. The standard InChI is InChI=1S/C16H24N4O2S/c1-10(2)13-8-17-14(23-13)9-18-15(12-4-6-21-7-5-12)16-19-11(3)20-22-16/h8,10,12,15,18H,4-7,9H2,1-3H3. The summed E-state index contributed by atoms with van der Waals surface area (Å²) in [6.45, 7) is 8.55. The van der Waals surface area contributed by atoms with Crippen LogP contribution in [0.4, 0.5) is 0 Å². The Bertz CT molecular complexity index is 619. The van der Waals surface area contributed by atoms with E-state index in [2.05, 4.69) is 34.3 Å². The summed E-state index contributed by atoms with van der Waals surface area (Å²) >= 11 is 1.77. The summed E-state index contributed by atoms with van der Waals surface area (Å²) in [5, 5.41) is 8.63. The number of hydrogen-bond donors (Lipinski definition) is 1. The summed E-state index contributed by atoms with van der Waals surface area (Å²) in [5.41, 5.74) is 0. The lowest BCUT2D eigenvalue weighted by molar-refractivity contribution is 0.0485. The Hall–Kier alpha value is -1.31. The Morgan fingerprint density at radius 2 is 2.13 bits per heavy atom. The average molecular weight is 336 g/mol. The van der Waals surface area contributed by atoms with Crippen LogP contribution in [0.1, 0.15) is 60.2 Å². The second-order valence-corrected chi connectivity index (χ2v) is 7.45. The largest absolute Gasteiger partial charge is 0.381 e. The van der Waals surface area contributed by atoms with Crippen LogP contribution in [0.2, 0.25) is 0 Å². The van der Waals surface area contributed by atoms with Gasteiger partial charge in [-0.1, -0.05) is 19.0 Å². The molecule has 1 fully saturated rings. The van der Waals surface area contributed by atoms with Crippen molar-refractivity contribution in [1.82, 2.24) is 20.4 Å². The maximum absolute atomic E-state index is 5.48. The molecule has 0 aromatic carbocycles. The number of nitrogens with one attached hydrogen (secondary N) is 1. The molecule has 1 N–H and O–H groups in total. The van der Waals surface area contributed by atoms with Crippen molar-refractivity contribution in [2.45, 2.75) is 52.1 Å². The maximum atomic E-state index is 5.48. The molecule has 1 saturated heterocycles. The molecule has 0 aliphatic carbocycles. The van der Waals surface area contributed by atoms with Crippen LogP contribution in [0.5, 0.6) is 0 Å². The molecule has 0 radical (unpaired) electrons. The molecule has 0 spiro atoms. The van der Waals surface area contributed by atoms with E-state index in [4.69, 9.17) is 9.26 Å². The number of ether oxygens (including phenoxy) is 1. The van der Waals surface area contributed by atoms with Gasteiger partial charge in [0, 0.05) is 30.8 Å². The molecule has 2 aromatic heterocycles. The molecule has 0 amide bonds. The zero-order valence-corrected chi connectivity index (χ0v) is 14.7. The van der Waals surface area contributed by atoms with E-state index < -0.39 is 0 Å². The highest BCUT2D eigenvalue weighted by Crippen LogP contribution is 2.30. The number of thiazole rings is 1. The van der Waals surface area contributed by atoms with Gasteiger partial charge in [-0.25, -0.2) is 4.98 Å². The summed E-state index contributed by atoms with van der Waals surface area (Å²) in [6, 6.07) is 0.0616. The fourth-order valence-electron chi connectivity index (χ4n) is 2.81. The predicted octanol–water partition coefficient (Wildman–Crippen LogP) is 3.22. The van der Waals surface area contributed by atoms with Gasteiger partial charge in [-0.2, -0.15) is 4.98 Å². The number of rotatable bonds is 6. The van der Waals surface area contributed by atoms with Crippen LogP contribution in [-0.2, 0) is 11.3 Å². The van der Waals surface area contributed by atoms with Crippen molar-refractivity contribution in [2.75, 3.05) is 13.2 Å². The molecule has 6 nitrogen and oxygen atoms in total. The number of aromatic nitrogens is 3. The van der Waals surface area contributed by atoms with Crippen molar-refractivity contribution >= 4 is 11.3 Å². The zero-order valence-electron chi connectivity index (χ0n) is 13.9. The van der Waals surface area contributed by atoms with Crippen molar-refractivity contribution in [1.29, 1.82) is 0 Å². The third-order valence-electron chi connectivity index (χ3n) is 4.16. The Labute approximate surface area is 140 Å². The van der Waals surface area contributed by atoms with E-state index in [9.17, 15) is 0 Å². The van der Waals surface area contributed by atoms with E-state index in [0.29, 0.717) is 23.6 Å². The SMILES string of the molecule is Cc1noc(C(NCc2ncc(C(C)C)s2)C2CCOCC2)n1. The van der Waals surface area contributed by atoms with E-state index in [0.717, 1.165) is 37.6 Å². The fraction of sp³-hybridized carbons (Fsp3) is 0.688. The van der Waals surface area contributed by atoms with Crippen LogP contribution in [-0.4, -0.2) is 28.3 Å². The number of aryl methyl sites for hydroxylation is 1. The van der Waals surface area contributed by atoms with Crippen LogP contribution in [0.3, 0.4) is 0 Å². The van der Waals surface area contributed by atoms with Crippen molar-refractivity contribution in [2.24, 2.45) is 5.92 Å². The third-order valence-corrected chi connectivity index (χ3v) is 5.46. The molecule has 7 heteroatoms. The van der Waals surface area contributed by atoms with Gasteiger partial charge >= 0.3 is 0 Å². The van der Waals surface area contributed by atoms with Crippen molar-refractivity contribution in [3.63, 3.8) is 0 Å². The molecule has 126 valence electrons. The van der Waals surface area contributed by atoms with Crippen LogP contribution in [0, 0.1) is 12.8 Å². The topological polar surface area (TPSA) is 73.1 Å². The van der Waals surface area contributed by atoms with E-state index in [-0.39, 0.29) is 6.04 Å². The molecule has 3 heterocycles. The highest BCUT2D eigenvalue weighted by Gasteiger charge is 2.29. The lowest BCUT2D eigenvalue weighted by Gasteiger charge is -2.28. The van der Waals surface area contributed by atoms with Gasteiger partial charge in [0.15, 0.2) is 5.82 Å². The Balaban J connectivity index is 1.70. The molecular formula is C16H24N4O2S. The van der Waals surface area contributed by atoms with Crippen LogP contribution in [0.25, 0.3) is 0 Å². The predicted molar refractivity (Wildman–Crippen MR) is 88.4 cm³/mol. The molecule has 3 rings (SSSR count). The van der Waals surface area contributed by atoms with Gasteiger partial charge in [-0.3, -0.25) is 5.32 Å². The zero-order chi connectivity index (χ0) is 16.2. The molecular weight excluding hydrogens is 312 g/mol. The summed E-state index contributed by atoms with van der Waals surface area (Å²) < 4.78 is 10.9. The monoisotopic (exact) mass is 336 g/mol. The Morgan fingerprint density at radius 3 is 2.74 bits per heavy atom. The van der Waals surface area contributed by atoms with Gasteiger partial charge in [0.2, 0.25) is 5.89 Å². The van der Waals surface area contributed by atoms with E-state index >= 15 is 0 Å². The van der Waals surface area contributed by atoms with Gasteiger partial charge < -0.3 is 9.26 Å². The summed E-state index contributed by atoms with van der Waals surface area (Å²) in [7, 11) is 0. The first-order chi connectivity index (χ1) is 11.1. The van der Waals surface area contributed by atoms with Crippen LogP contribution >= 0.6 is 11.3 Å². The molecule has 1 aliphatic rings. The van der Waals surface area contributed by atoms with Gasteiger partial charge in [-0.15, -0.1) is 11.3 Å². The highest BCUT2D eigenvalue weighted by molar-refractivity contribution is 7.11. The van der Waals surface area contributed by atoms with Crippen molar-refractivity contribution in [3.8, 4) is 0 Å². The molecule has 23 heavy (non-hydrogen) atoms. The lowest BCUT2D eigenvalue weighted by Crippen LogP contribution is -2.32. The van der Waals surface area contributed by atoms with Crippen molar-refractivity contribution in [3.05, 3.63) is 27.8 Å². The molecule has 2 aromatic rings. The second kappa shape index (κ2) is 7.51. The van der Waals surface area contributed by atoms with Crippen LogP contribution < -0.4 is 5.32 Å². The molecule has 1 aliphatic heterocycles. The number of nitrogens with zero attached hydrogens (tertiary/aromatic N) is 3. The summed E-state index contributed by atoms with van der Waals surface area (Å²) in [5.74, 6) is 2.32. The van der Waals surface area contributed by atoms with Gasteiger partial charge in [0.05, 0.1) is 6.04 Å². The van der Waals surface area contributed by atoms with Gasteiger partial charge in [-0.05, 0) is 31.6 Å². The normalized spacial score (nSPS) is 17.7. The molecule has 0 bridgehead atoms. The van der Waals surface area contributed by atoms with E-state index in [1.165, 1.54) is 4.88 Å². The smallest absolute Gasteiger partial charge is 0.244 e. The Kier molecular flexibility index (Phi) is 5.40. The minimum absolute atomic E-state index is 0.0616. The molecule has 0 saturated carbocycles. The third kappa shape index (κ3) is 4.16. The summed E-state index contributed by atoms with van der Waals surface area (Å²) in [6.07, 6.45) is 4.00. The Morgan fingerprint density at radius 1 is 1.35 bits per heavy atom. The highest BCUT2D eigenvalue weighted by atomic mass is 32.1.